The van der Waals surface area contributed by atoms with E-state index in [0.717, 1.165) is 0 Å². The summed E-state index contributed by atoms with van der Waals surface area (Å²) in [5, 5.41) is 0. The predicted molar refractivity (Wildman–Crippen MR) is 59.1 cm³/mol. The van der Waals surface area contributed by atoms with Gasteiger partial charge in [0.05, 0.1) is 0 Å². The minimum absolute atomic E-state index is 0.0102. The van der Waals surface area contributed by atoms with Crippen molar-refractivity contribution in [2.75, 3.05) is 6.61 Å². The third-order valence-corrected chi connectivity index (χ3v) is 3.27. The van der Waals surface area contributed by atoms with Crippen LogP contribution in [0.25, 0.3) is 0 Å². The summed E-state index contributed by atoms with van der Waals surface area (Å²) in [6.45, 7) is 6.23. The van der Waals surface area contributed by atoms with Crippen molar-refractivity contribution >= 4 is 17.7 Å². The largest absolute Gasteiger partial charge is 0.462 e. The summed E-state index contributed by atoms with van der Waals surface area (Å²) in [4.78, 5) is 33.2. The van der Waals surface area contributed by atoms with Gasteiger partial charge in [0.1, 0.15) is 18.5 Å². The van der Waals surface area contributed by atoms with E-state index in [-0.39, 0.29) is 18.3 Å². The van der Waals surface area contributed by atoms with Gasteiger partial charge in [0.15, 0.2) is 0 Å². The number of hydrogen-bond donors (Lipinski definition) is 0. The SMILES string of the molecule is CC(=O)OCC(OC(C)=O)C1CC(=O)C1(C)C. The first-order valence-corrected chi connectivity index (χ1v) is 5.59. The van der Waals surface area contributed by atoms with Gasteiger partial charge in [-0.3, -0.25) is 14.4 Å². The lowest BCUT2D eigenvalue weighted by Crippen LogP contribution is -2.53. The molecule has 17 heavy (non-hydrogen) atoms. The molecule has 0 aromatic rings. The fourth-order valence-electron chi connectivity index (χ4n) is 2.03. The maximum atomic E-state index is 11.4. The second-order valence-electron chi connectivity index (χ2n) is 4.91. The summed E-state index contributed by atoms with van der Waals surface area (Å²) in [7, 11) is 0. The van der Waals surface area contributed by atoms with Crippen molar-refractivity contribution in [2.45, 2.75) is 40.2 Å². The van der Waals surface area contributed by atoms with Gasteiger partial charge in [-0.25, -0.2) is 0 Å². The Morgan fingerprint density at radius 3 is 2.29 bits per heavy atom. The van der Waals surface area contributed by atoms with E-state index in [0.29, 0.717) is 6.42 Å². The van der Waals surface area contributed by atoms with E-state index in [1.807, 2.05) is 13.8 Å². The molecule has 5 nitrogen and oxygen atoms in total. The highest BCUT2D eigenvalue weighted by Gasteiger charge is 2.52. The molecule has 1 rings (SSSR count). The van der Waals surface area contributed by atoms with Crippen LogP contribution in [0.2, 0.25) is 0 Å². The Morgan fingerprint density at radius 2 is 1.94 bits per heavy atom. The smallest absolute Gasteiger partial charge is 0.303 e. The standard InChI is InChI=1S/C12H18O5/c1-7(13)16-6-10(17-8(2)14)9-5-11(15)12(9,3)4/h9-10H,5-6H2,1-4H3. The molecule has 0 N–H and O–H groups in total. The second-order valence-corrected chi connectivity index (χ2v) is 4.91. The van der Waals surface area contributed by atoms with Crippen LogP contribution >= 0.6 is 0 Å². The van der Waals surface area contributed by atoms with Gasteiger partial charge in [-0.05, 0) is 0 Å². The average molecular weight is 242 g/mol. The Labute approximate surface area is 100 Å². The number of carbonyl (C=O) groups excluding carboxylic acids is 3. The molecule has 0 spiro atoms. The Bertz CT molecular complexity index is 345. The van der Waals surface area contributed by atoms with Gasteiger partial charge in [0.25, 0.3) is 0 Å². The Kier molecular flexibility index (Phi) is 3.91. The number of ketones is 1. The van der Waals surface area contributed by atoms with Crippen molar-refractivity contribution < 1.29 is 23.9 Å². The molecule has 1 aliphatic carbocycles. The number of ether oxygens (including phenoxy) is 2. The molecule has 5 heteroatoms. The molecular formula is C12H18O5. The lowest BCUT2D eigenvalue weighted by molar-refractivity contribution is -0.173. The fraction of sp³-hybridized carbons (Fsp3) is 0.750. The number of esters is 2. The first kappa shape index (κ1) is 13.7. The third-order valence-electron chi connectivity index (χ3n) is 3.27. The number of carbonyl (C=O) groups is 3. The summed E-state index contributed by atoms with van der Waals surface area (Å²) in [5.74, 6) is -0.802. The van der Waals surface area contributed by atoms with Crippen molar-refractivity contribution in [1.29, 1.82) is 0 Å². The zero-order valence-electron chi connectivity index (χ0n) is 10.6. The van der Waals surface area contributed by atoms with E-state index < -0.39 is 23.5 Å². The van der Waals surface area contributed by atoms with Crippen LogP contribution < -0.4 is 0 Å². The molecule has 0 amide bonds. The monoisotopic (exact) mass is 242 g/mol. The van der Waals surface area contributed by atoms with Crippen LogP contribution in [0.1, 0.15) is 34.1 Å². The van der Waals surface area contributed by atoms with Crippen molar-refractivity contribution in [3.05, 3.63) is 0 Å². The molecule has 0 radical (unpaired) electrons. The maximum Gasteiger partial charge on any atom is 0.303 e. The fourth-order valence-corrected chi connectivity index (χ4v) is 2.03. The van der Waals surface area contributed by atoms with Crippen molar-refractivity contribution in [3.63, 3.8) is 0 Å². The van der Waals surface area contributed by atoms with E-state index in [2.05, 4.69) is 0 Å². The highest BCUT2D eigenvalue weighted by molar-refractivity contribution is 5.91. The van der Waals surface area contributed by atoms with Crippen LogP contribution in [0.3, 0.4) is 0 Å². The average Bonchev–Trinajstić information content (AvgIpc) is 2.20. The molecular weight excluding hydrogens is 224 g/mol. The molecule has 0 aliphatic heterocycles. The van der Waals surface area contributed by atoms with E-state index >= 15 is 0 Å². The molecule has 0 saturated heterocycles. The molecule has 1 aliphatic rings. The molecule has 96 valence electrons. The van der Waals surface area contributed by atoms with Crippen LogP contribution in [0, 0.1) is 11.3 Å². The van der Waals surface area contributed by atoms with E-state index in [1.54, 1.807) is 0 Å². The van der Waals surface area contributed by atoms with Crippen molar-refractivity contribution in [1.82, 2.24) is 0 Å². The van der Waals surface area contributed by atoms with Crippen LogP contribution in [0.15, 0.2) is 0 Å². The van der Waals surface area contributed by atoms with E-state index in [9.17, 15) is 14.4 Å². The van der Waals surface area contributed by atoms with Crippen LogP contribution in [-0.2, 0) is 23.9 Å². The number of rotatable bonds is 4. The molecule has 0 aromatic carbocycles. The Hall–Kier alpha value is -1.39. The summed E-state index contributed by atoms with van der Waals surface area (Å²) < 4.78 is 9.98. The Balaban J connectivity index is 2.67. The topological polar surface area (TPSA) is 69.7 Å². The zero-order valence-corrected chi connectivity index (χ0v) is 10.6. The van der Waals surface area contributed by atoms with Gasteiger partial charge in [0.2, 0.25) is 0 Å². The number of Topliss-reactive ketones (excluding diaryl/α,β-unsaturated/α-hetero) is 1. The zero-order chi connectivity index (χ0) is 13.2. The summed E-state index contributed by atoms with van der Waals surface area (Å²) in [6, 6.07) is 0. The van der Waals surface area contributed by atoms with E-state index in [1.165, 1.54) is 13.8 Å². The molecule has 2 atom stereocenters. The first-order chi connectivity index (χ1) is 7.75. The molecule has 1 fully saturated rings. The van der Waals surface area contributed by atoms with Gasteiger partial charge in [-0.15, -0.1) is 0 Å². The quantitative estimate of drug-likeness (QED) is 0.690. The van der Waals surface area contributed by atoms with Crippen LogP contribution in [-0.4, -0.2) is 30.4 Å². The normalized spacial score (nSPS) is 23.5. The minimum atomic E-state index is -0.538. The number of hydrogen-bond acceptors (Lipinski definition) is 5. The van der Waals surface area contributed by atoms with Crippen LogP contribution in [0.5, 0.6) is 0 Å². The molecule has 1 saturated carbocycles. The Morgan fingerprint density at radius 1 is 1.35 bits per heavy atom. The van der Waals surface area contributed by atoms with Crippen molar-refractivity contribution in [2.24, 2.45) is 11.3 Å². The summed E-state index contributed by atoms with van der Waals surface area (Å²) in [6.07, 6.45) is -0.171. The van der Waals surface area contributed by atoms with Gasteiger partial charge in [-0.2, -0.15) is 0 Å². The summed E-state index contributed by atoms with van der Waals surface area (Å²) >= 11 is 0. The predicted octanol–water partition coefficient (Wildman–Crippen LogP) is 1.10. The highest BCUT2D eigenvalue weighted by atomic mass is 16.6. The first-order valence-electron chi connectivity index (χ1n) is 5.59. The van der Waals surface area contributed by atoms with Crippen LogP contribution in [0.4, 0.5) is 0 Å². The highest BCUT2D eigenvalue weighted by Crippen LogP contribution is 2.45. The van der Waals surface area contributed by atoms with Gasteiger partial charge in [-0.1, -0.05) is 13.8 Å². The lowest BCUT2D eigenvalue weighted by atomic mass is 9.59. The summed E-state index contributed by atoms with van der Waals surface area (Å²) in [5.41, 5.74) is -0.514. The van der Waals surface area contributed by atoms with Crippen molar-refractivity contribution in [3.8, 4) is 0 Å². The molecule has 0 bridgehead atoms. The maximum absolute atomic E-state index is 11.4. The molecule has 0 heterocycles. The van der Waals surface area contributed by atoms with Gasteiger partial charge in [0, 0.05) is 31.6 Å². The second kappa shape index (κ2) is 4.85. The molecule has 2 unspecified atom stereocenters. The molecule has 0 aromatic heterocycles. The third kappa shape index (κ3) is 3.05. The minimum Gasteiger partial charge on any atom is -0.462 e. The van der Waals surface area contributed by atoms with Gasteiger partial charge >= 0.3 is 11.9 Å². The lowest BCUT2D eigenvalue weighted by Gasteiger charge is -2.45. The van der Waals surface area contributed by atoms with E-state index in [4.69, 9.17) is 9.47 Å². The van der Waals surface area contributed by atoms with Gasteiger partial charge < -0.3 is 9.47 Å².